The van der Waals surface area contributed by atoms with Crippen molar-refractivity contribution in [2.75, 3.05) is 0 Å². The average molecular weight is 290 g/mol. The van der Waals surface area contributed by atoms with Crippen LogP contribution in [-0.4, -0.2) is 4.98 Å². The largest absolute Gasteiger partial charge is 0.439 e. The van der Waals surface area contributed by atoms with Crippen molar-refractivity contribution < 1.29 is 4.74 Å². The van der Waals surface area contributed by atoms with E-state index in [-0.39, 0.29) is 0 Å². The predicted octanol–water partition coefficient (Wildman–Crippen LogP) is 4.16. The third kappa shape index (κ3) is 4.17. The third-order valence-corrected chi connectivity index (χ3v) is 3.22. The summed E-state index contributed by atoms with van der Waals surface area (Å²) < 4.78 is 5.74. The highest BCUT2D eigenvalue weighted by atomic mass is 16.5. The molecule has 3 heteroatoms. The van der Waals surface area contributed by atoms with Gasteiger partial charge in [-0.05, 0) is 23.8 Å². The molecule has 1 N–H and O–H groups in total. The van der Waals surface area contributed by atoms with E-state index in [1.54, 1.807) is 0 Å². The fourth-order valence-corrected chi connectivity index (χ4v) is 2.15. The van der Waals surface area contributed by atoms with Crippen LogP contribution < -0.4 is 10.1 Å². The molecule has 0 bridgehead atoms. The van der Waals surface area contributed by atoms with Gasteiger partial charge in [0.25, 0.3) is 0 Å². The van der Waals surface area contributed by atoms with E-state index in [4.69, 9.17) is 4.74 Å². The van der Waals surface area contributed by atoms with E-state index in [2.05, 4.69) is 22.4 Å². The summed E-state index contributed by atoms with van der Waals surface area (Å²) in [5.41, 5.74) is 2.23. The molecule has 2 aromatic carbocycles. The minimum absolute atomic E-state index is 0.616. The molecule has 0 fully saturated rings. The number of nitrogens with zero attached hydrogens (tertiary/aromatic N) is 1. The van der Waals surface area contributed by atoms with Gasteiger partial charge >= 0.3 is 0 Å². The fraction of sp³-hybridized carbons (Fsp3) is 0.105. The number of ether oxygens (including phenoxy) is 1. The molecule has 0 aliphatic heterocycles. The van der Waals surface area contributed by atoms with Gasteiger partial charge in [-0.3, -0.25) is 0 Å². The zero-order valence-corrected chi connectivity index (χ0v) is 12.3. The van der Waals surface area contributed by atoms with Gasteiger partial charge in [-0.2, -0.15) is 0 Å². The lowest BCUT2D eigenvalue weighted by Gasteiger charge is -2.08. The maximum absolute atomic E-state index is 5.74. The van der Waals surface area contributed by atoms with Gasteiger partial charge in [0.15, 0.2) is 0 Å². The molecule has 0 atom stereocenters. The first-order valence-corrected chi connectivity index (χ1v) is 7.34. The molecule has 0 saturated heterocycles. The van der Waals surface area contributed by atoms with Gasteiger partial charge in [0.05, 0.1) is 5.69 Å². The molecule has 1 aromatic heterocycles. The van der Waals surface area contributed by atoms with Crippen LogP contribution in [0, 0.1) is 0 Å². The van der Waals surface area contributed by atoms with Gasteiger partial charge in [-0.15, -0.1) is 0 Å². The van der Waals surface area contributed by atoms with Crippen molar-refractivity contribution in [2.24, 2.45) is 0 Å². The maximum Gasteiger partial charge on any atom is 0.219 e. The van der Waals surface area contributed by atoms with Crippen LogP contribution in [0.25, 0.3) is 0 Å². The second-order valence-corrected chi connectivity index (χ2v) is 4.97. The molecule has 0 saturated carbocycles. The minimum Gasteiger partial charge on any atom is -0.439 e. The van der Waals surface area contributed by atoms with E-state index in [9.17, 15) is 0 Å². The fourth-order valence-electron chi connectivity index (χ4n) is 2.15. The summed E-state index contributed by atoms with van der Waals surface area (Å²) in [6.07, 6.45) is 0. The van der Waals surface area contributed by atoms with Gasteiger partial charge < -0.3 is 10.1 Å². The van der Waals surface area contributed by atoms with E-state index in [0.717, 1.165) is 18.0 Å². The van der Waals surface area contributed by atoms with E-state index >= 15 is 0 Å². The summed E-state index contributed by atoms with van der Waals surface area (Å²) in [5, 5.41) is 3.39. The number of nitrogens with one attached hydrogen (secondary N) is 1. The molecular formula is C19H18N2O. The Hall–Kier alpha value is -2.65. The summed E-state index contributed by atoms with van der Waals surface area (Å²) in [7, 11) is 0. The lowest BCUT2D eigenvalue weighted by atomic mass is 10.2. The number of hydrogen-bond acceptors (Lipinski definition) is 3. The number of aromatic nitrogens is 1. The molecule has 3 rings (SSSR count). The summed E-state index contributed by atoms with van der Waals surface area (Å²) in [6, 6.07) is 25.8. The standard InChI is InChI=1S/C19H18N2O/c1-3-8-16(9-4-1)14-20-15-17-10-7-13-19(21-17)22-18-11-5-2-6-12-18/h1-13,20H,14-15H2. The minimum atomic E-state index is 0.616. The molecule has 0 aliphatic carbocycles. The van der Waals surface area contributed by atoms with Gasteiger partial charge in [-0.1, -0.05) is 54.6 Å². The van der Waals surface area contributed by atoms with Crippen LogP contribution in [0.3, 0.4) is 0 Å². The first kappa shape index (κ1) is 14.3. The first-order chi connectivity index (χ1) is 10.9. The van der Waals surface area contributed by atoms with Crippen molar-refractivity contribution in [2.45, 2.75) is 13.1 Å². The van der Waals surface area contributed by atoms with Crippen LogP contribution >= 0.6 is 0 Å². The second-order valence-electron chi connectivity index (χ2n) is 4.97. The van der Waals surface area contributed by atoms with E-state index in [0.29, 0.717) is 12.4 Å². The second kappa shape index (κ2) is 7.38. The summed E-state index contributed by atoms with van der Waals surface area (Å²) in [4.78, 5) is 4.51. The van der Waals surface area contributed by atoms with Crippen molar-refractivity contribution in [1.82, 2.24) is 10.3 Å². The molecule has 0 spiro atoms. The van der Waals surface area contributed by atoms with Crippen LogP contribution in [0.15, 0.2) is 78.9 Å². The average Bonchev–Trinajstić information content (AvgIpc) is 2.57. The summed E-state index contributed by atoms with van der Waals surface area (Å²) in [5.74, 6) is 1.41. The van der Waals surface area contributed by atoms with Crippen LogP contribution in [-0.2, 0) is 13.1 Å². The number of pyridine rings is 1. The highest BCUT2D eigenvalue weighted by Crippen LogP contribution is 2.18. The zero-order chi connectivity index (χ0) is 15.0. The van der Waals surface area contributed by atoms with Gasteiger partial charge in [0.1, 0.15) is 5.75 Å². The molecule has 1 heterocycles. The van der Waals surface area contributed by atoms with Crippen molar-refractivity contribution in [3.8, 4) is 11.6 Å². The third-order valence-electron chi connectivity index (χ3n) is 3.22. The maximum atomic E-state index is 5.74. The smallest absolute Gasteiger partial charge is 0.219 e. The first-order valence-electron chi connectivity index (χ1n) is 7.34. The Morgan fingerprint density at radius 2 is 1.45 bits per heavy atom. The van der Waals surface area contributed by atoms with Gasteiger partial charge in [0.2, 0.25) is 5.88 Å². The van der Waals surface area contributed by atoms with Crippen LogP contribution in [0.1, 0.15) is 11.3 Å². The molecule has 0 aliphatic rings. The van der Waals surface area contributed by atoms with Crippen molar-refractivity contribution in [1.29, 1.82) is 0 Å². The Bertz CT molecular complexity index is 699. The molecule has 110 valence electrons. The Kier molecular flexibility index (Phi) is 4.80. The Morgan fingerprint density at radius 3 is 2.23 bits per heavy atom. The molecule has 0 amide bonds. The zero-order valence-electron chi connectivity index (χ0n) is 12.3. The highest BCUT2D eigenvalue weighted by molar-refractivity contribution is 5.27. The lowest BCUT2D eigenvalue weighted by Crippen LogP contribution is -2.13. The van der Waals surface area contributed by atoms with Crippen molar-refractivity contribution in [3.05, 3.63) is 90.1 Å². The van der Waals surface area contributed by atoms with E-state index in [1.165, 1.54) is 5.56 Å². The number of rotatable bonds is 6. The van der Waals surface area contributed by atoms with Crippen LogP contribution in [0.2, 0.25) is 0 Å². The topological polar surface area (TPSA) is 34.1 Å². The van der Waals surface area contributed by atoms with Crippen LogP contribution in [0.4, 0.5) is 0 Å². The Labute approximate surface area is 130 Å². The predicted molar refractivity (Wildman–Crippen MR) is 87.7 cm³/mol. The molecule has 0 radical (unpaired) electrons. The molecular weight excluding hydrogens is 272 g/mol. The molecule has 3 nitrogen and oxygen atoms in total. The van der Waals surface area contributed by atoms with E-state index in [1.807, 2.05) is 66.7 Å². The quantitative estimate of drug-likeness (QED) is 0.740. The highest BCUT2D eigenvalue weighted by Gasteiger charge is 2.00. The summed E-state index contributed by atoms with van der Waals surface area (Å²) in [6.45, 7) is 1.53. The molecule has 3 aromatic rings. The SMILES string of the molecule is c1ccc(CNCc2cccc(Oc3ccccc3)n2)cc1. The number of hydrogen-bond donors (Lipinski definition) is 1. The Balaban J connectivity index is 1.57. The van der Waals surface area contributed by atoms with Crippen molar-refractivity contribution in [3.63, 3.8) is 0 Å². The Morgan fingerprint density at radius 1 is 0.727 bits per heavy atom. The van der Waals surface area contributed by atoms with Crippen molar-refractivity contribution >= 4 is 0 Å². The number of benzene rings is 2. The molecule has 22 heavy (non-hydrogen) atoms. The van der Waals surface area contributed by atoms with Gasteiger partial charge in [-0.25, -0.2) is 4.98 Å². The van der Waals surface area contributed by atoms with E-state index < -0.39 is 0 Å². The van der Waals surface area contributed by atoms with Gasteiger partial charge in [0, 0.05) is 19.2 Å². The number of para-hydroxylation sites is 1. The monoisotopic (exact) mass is 290 g/mol. The normalized spacial score (nSPS) is 10.4. The molecule has 0 unspecified atom stereocenters. The summed E-state index contributed by atoms with van der Waals surface area (Å²) >= 11 is 0. The lowest BCUT2D eigenvalue weighted by molar-refractivity contribution is 0.459. The van der Waals surface area contributed by atoms with Crippen LogP contribution in [0.5, 0.6) is 11.6 Å².